The highest BCUT2D eigenvalue weighted by Gasteiger charge is 2.18. The van der Waals surface area contributed by atoms with Crippen molar-refractivity contribution in [3.63, 3.8) is 0 Å². The van der Waals surface area contributed by atoms with Gasteiger partial charge in [-0.2, -0.15) is 5.10 Å². The number of hydrogen-bond acceptors (Lipinski definition) is 6. The number of hydrogen-bond donors (Lipinski definition) is 1. The molecule has 3 aromatic rings. The third kappa shape index (κ3) is 4.94. The first-order chi connectivity index (χ1) is 13.6. The molecule has 0 fully saturated rings. The molecule has 1 amide bonds. The van der Waals surface area contributed by atoms with Gasteiger partial charge in [0.05, 0.1) is 18.4 Å². The lowest BCUT2D eigenvalue weighted by atomic mass is 10.2. The lowest BCUT2D eigenvalue weighted by Crippen LogP contribution is -2.32. The number of aromatic nitrogens is 3. The highest BCUT2D eigenvalue weighted by atomic mass is 16.5. The zero-order chi connectivity index (χ0) is 19.8. The van der Waals surface area contributed by atoms with Crippen LogP contribution in [-0.4, -0.2) is 46.4 Å². The Morgan fingerprint density at radius 1 is 1.11 bits per heavy atom. The number of carbonyl (C=O) groups is 2. The Balaban J connectivity index is 1.44. The van der Waals surface area contributed by atoms with Crippen LogP contribution < -0.4 is 10.1 Å². The van der Waals surface area contributed by atoms with Gasteiger partial charge in [0.25, 0.3) is 5.91 Å². The van der Waals surface area contributed by atoms with E-state index in [9.17, 15) is 9.59 Å². The molecule has 0 unspecified atom stereocenters. The van der Waals surface area contributed by atoms with Gasteiger partial charge in [-0.05, 0) is 31.2 Å². The molecule has 3 rings (SSSR count). The normalized spacial score (nSPS) is 10.3. The maximum Gasteiger partial charge on any atom is 0.342 e. The predicted molar refractivity (Wildman–Crippen MR) is 101 cm³/mol. The number of nitrogens with one attached hydrogen (secondary N) is 1. The molecule has 0 aliphatic heterocycles. The molecule has 0 spiro atoms. The van der Waals surface area contributed by atoms with E-state index in [2.05, 4.69) is 15.4 Å². The van der Waals surface area contributed by atoms with Crippen molar-refractivity contribution in [1.29, 1.82) is 0 Å². The van der Waals surface area contributed by atoms with E-state index in [1.807, 2.05) is 36.4 Å². The predicted octanol–water partition coefficient (Wildman–Crippen LogP) is 1.93. The Bertz CT molecular complexity index is 926. The van der Waals surface area contributed by atoms with E-state index in [4.69, 9.17) is 9.47 Å². The maximum absolute atomic E-state index is 12.2. The summed E-state index contributed by atoms with van der Waals surface area (Å²) in [6.45, 7) is 1.99. The molecule has 8 nitrogen and oxygen atoms in total. The van der Waals surface area contributed by atoms with Crippen molar-refractivity contribution in [2.75, 3.05) is 19.8 Å². The van der Waals surface area contributed by atoms with E-state index >= 15 is 0 Å². The summed E-state index contributed by atoms with van der Waals surface area (Å²) in [5, 5.41) is 6.79. The van der Waals surface area contributed by atoms with Gasteiger partial charge in [-0.3, -0.25) is 4.79 Å². The number of rotatable bonds is 8. The fraction of sp³-hybridized carbons (Fsp3) is 0.200. The fourth-order valence-electron chi connectivity index (χ4n) is 2.46. The topological polar surface area (TPSA) is 95.3 Å². The first-order valence-corrected chi connectivity index (χ1v) is 8.73. The van der Waals surface area contributed by atoms with Crippen molar-refractivity contribution in [2.24, 2.45) is 0 Å². The summed E-state index contributed by atoms with van der Waals surface area (Å²) < 4.78 is 12.1. The van der Waals surface area contributed by atoms with E-state index < -0.39 is 11.9 Å². The number of carbonyl (C=O) groups excluding carboxylic acids is 2. The molecule has 0 aliphatic carbocycles. The van der Waals surface area contributed by atoms with E-state index in [0.29, 0.717) is 24.7 Å². The lowest BCUT2D eigenvalue weighted by molar-refractivity contribution is -0.124. The Hall–Kier alpha value is -3.68. The fourth-order valence-corrected chi connectivity index (χ4v) is 2.46. The monoisotopic (exact) mass is 380 g/mol. The van der Waals surface area contributed by atoms with Crippen LogP contribution >= 0.6 is 0 Å². The van der Waals surface area contributed by atoms with Crippen LogP contribution in [0.15, 0.2) is 60.9 Å². The summed E-state index contributed by atoms with van der Waals surface area (Å²) in [5.41, 5.74) is 0.867. The molecule has 1 aromatic carbocycles. The number of esters is 1. The molecule has 1 N–H and O–H groups in total. The molecular formula is C20H20N4O4. The van der Waals surface area contributed by atoms with Crippen molar-refractivity contribution < 1.29 is 19.1 Å². The van der Waals surface area contributed by atoms with Crippen LogP contribution in [0.2, 0.25) is 0 Å². The Morgan fingerprint density at radius 2 is 1.89 bits per heavy atom. The van der Waals surface area contributed by atoms with Gasteiger partial charge in [0, 0.05) is 6.20 Å². The van der Waals surface area contributed by atoms with Crippen molar-refractivity contribution in [1.82, 2.24) is 20.1 Å². The van der Waals surface area contributed by atoms with Gasteiger partial charge in [-0.1, -0.05) is 24.3 Å². The van der Waals surface area contributed by atoms with E-state index in [0.717, 1.165) is 5.75 Å². The summed E-state index contributed by atoms with van der Waals surface area (Å²) in [5.74, 6) is 0.300. The summed E-state index contributed by atoms with van der Waals surface area (Å²) in [7, 11) is 0. The van der Waals surface area contributed by atoms with Crippen LogP contribution in [0.4, 0.5) is 0 Å². The van der Waals surface area contributed by atoms with Crippen molar-refractivity contribution >= 4 is 11.9 Å². The molecular weight excluding hydrogens is 360 g/mol. The SMILES string of the molecule is Cc1c(C(=O)OCC(=O)NCCOc2ccccc2)cnn1-c1ccccn1. The molecule has 0 atom stereocenters. The third-order valence-electron chi connectivity index (χ3n) is 3.87. The largest absolute Gasteiger partial charge is 0.492 e. The van der Waals surface area contributed by atoms with Crippen molar-refractivity contribution in [2.45, 2.75) is 6.92 Å². The standard InChI is InChI=1S/C20H20N4O4/c1-15-17(13-23-24(15)18-9-5-6-10-21-18)20(26)28-14-19(25)22-11-12-27-16-7-3-2-4-8-16/h2-10,13H,11-12,14H2,1H3,(H,22,25). The Morgan fingerprint density at radius 3 is 2.64 bits per heavy atom. The van der Waals surface area contributed by atoms with E-state index in [1.165, 1.54) is 10.9 Å². The summed E-state index contributed by atoms with van der Waals surface area (Å²) in [6.07, 6.45) is 3.04. The van der Waals surface area contributed by atoms with Crippen molar-refractivity contribution in [3.8, 4) is 11.6 Å². The molecule has 0 saturated carbocycles. The van der Waals surface area contributed by atoms with Gasteiger partial charge in [-0.15, -0.1) is 0 Å². The number of pyridine rings is 1. The van der Waals surface area contributed by atoms with Gasteiger partial charge in [0.15, 0.2) is 12.4 Å². The summed E-state index contributed by atoms with van der Waals surface area (Å²) in [4.78, 5) is 28.2. The molecule has 8 heteroatoms. The number of nitrogens with zero attached hydrogens (tertiary/aromatic N) is 3. The number of ether oxygens (including phenoxy) is 2. The summed E-state index contributed by atoms with van der Waals surface area (Å²) >= 11 is 0. The van der Waals surface area contributed by atoms with Crippen LogP contribution in [-0.2, 0) is 9.53 Å². The van der Waals surface area contributed by atoms with Crippen LogP contribution in [0.1, 0.15) is 16.1 Å². The number of amides is 1. The van der Waals surface area contributed by atoms with Crippen molar-refractivity contribution in [3.05, 3.63) is 72.2 Å². The molecule has 0 radical (unpaired) electrons. The van der Waals surface area contributed by atoms with Gasteiger partial charge < -0.3 is 14.8 Å². The minimum Gasteiger partial charge on any atom is -0.492 e. The highest BCUT2D eigenvalue weighted by Crippen LogP contribution is 2.13. The van der Waals surface area contributed by atoms with Crippen LogP contribution in [0.3, 0.4) is 0 Å². The summed E-state index contributed by atoms with van der Waals surface area (Å²) in [6, 6.07) is 14.7. The average molecular weight is 380 g/mol. The molecule has 0 bridgehead atoms. The number of para-hydroxylation sites is 1. The third-order valence-corrected chi connectivity index (χ3v) is 3.87. The van der Waals surface area contributed by atoms with Gasteiger partial charge in [0.1, 0.15) is 17.9 Å². The lowest BCUT2D eigenvalue weighted by Gasteiger charge is -2.08. The Kier molecular flexibility index (Phi) is 6.35. The van der Waals surface area contributed by atoms with Crippen LogP contribution in [0.5, 0.6) is 5.75 Å². The average Bonchev–Trinajstić information content (AvgIpc) is 3.12. The molecule has 2 aromatic heterocycles. The molecule has 0 aliphatic rings. The van der Waals surface area contributed by atoms with Crippen LogP contribution in [0, 0.1) is 6.92 Å². The molecule has 2 heterocycles. The molecule has 0 saturated heterocycles. The van der Waals surface area contributed by atoms with Gasteiger partial charge >= 0.3 is 5.97 Å². The van der Waals surface area contributed by atoms with Gasteiger partial charge in [-0.25, -0.2) is 14.5 Å². The maximum atomic E-state index is 12.2. The minimum atomic E-state index is -0.615. The van der Waals surface area contributed by atoms with Gasteiger partial charge in [0.2, 0.25) is 0 Å². The van der Waals surface area contributed by atoms with E-state index in [-0.39, 0.29) is 12.2 Å². The second-order valence-corrected chi connectivity index (χ2v) is 5.83. The quantitative estimate of drug-likeness (QED) is 0.474. The zero-order valence-electron chi connectivity index (χ0n) is 15.4. The second kappa shape index (κ2) is 9.31. The second-order valence-electron chi connectivity index (χ2n) is 5.83. The number of benzene rings is 1. The minimum absolute atomic E-state index is 0.283. The van der Waals surface area contributed by atoms with E-state index in [1.54, 1.807) is 25.3 Å². The smallest absolute Gasteiger partial charge is 0.342 e. The zero-order valence-corrected chi connectivity index (χ0v) is 15.4. The molecule has 28 heavy (non-hydrogen) atoms. The Labute approximate surface area is 162 Å². The highest BCUT2D eigenvalue weighted by molar-refractivity contribution is 5.92. The first kappa shape index (κ1) is 19.1. The van der Waals surface area contributed by atoms with Crippen LogP contribution in [0.25, 0.3) is 5.82 Å². The first-order valence-electron chi connectivity index (χ1n) is 8.73. The molecule has 144 valence electrons.